The highest BCUT2D eigenvalue weighted by atomic mass is 79.9. The summed E-state index contributed by atoms with van der Waals surface area (Å²) >= 11 is 3.46. The number of halogens is 1. The summed E-state index contributed by atoms with van der Waals surface area (Å²) in [5.74, 6) is 0. The Labute approximate surface area is 94.3 Å². The number of hydrogen-bond acceptors (Lipinski definition) is 1. The van der Waals surface area contributed by atoms with Gasteiger partial charge in [-0.3, -0.25) is 0 Å². The summed E-state index contributed by atoms with van der Waals surface area (Å²) in [5.41, 5.74) is 3.68. The van der Waals surface area contributed by atoms with Crippen LogP contribution in [0.3, 0.4) is 0 Å². The quantitative estimate of drug-likeness (QED) is 0.796. The lowest BCUT2D eigenvalue weighted by Gasteiger charge is -2.09. The van der Waals surface area contributed by atoms with E-state index in [4.69, 9.17) is 0 Å². The zero-order valence-electron chi connectivity index (χ0n) is 8.73. The van der Waals surface area contributed by atoms with Gasteiger partial charge in [0.15, 0.2) is 0 Å². The number of nitrogens with one attached hydrogen (secondary N) is 1. The maximum Gasteiger partial charge on any atom is 0.0381 e. The van der Waals surface area contributed by atoms with Gasteiger partial charge in [-0.2, -0.15) is 0 Å². The van der Waals surface area contributed by atoms with Crippen LogP contribution in [-0.2, 0) is 0 Å². The number of hydrogen-bond donors (Lipinski definition) is 1. The molecule has 1 aromatic carbocycles. The monoisotopic (exact) mass is 253 g/mol. The fourth-order valence-corrected chi connectivity index (χ4v) is 1.56. The first-order chi connectivity index (χ1) is 6.59. The molecule has 0 amide bonds. The molecule has 0 spiro atoms. The van der Waals surface area contributed by atoms with Crippen molar-refractivity contribution in [3.8, 4) is 0 Å². The van der Waals surface area contributed by atoms with Crippen molar-refractivity contribution in [3.63, 3.8) is 0 Å². The predicted molar refractivity (Wildman–Crippen MR) is 66.8 cm³/mol. The van der Waals surface area contributed by atoms with E-state index in [1.54, 1.807) is 0 Å². The molecule has 0 saturated carbocycles. The molecule has 2 heteroatoms. The highest BCUT2D eigenvalue weighted by Crippen LogP contribution is 2.20. The van der Waals surface area contributed by atoms with Gasteiger partial charge in [-0.15, -0.1) is 6.58 Å². The summed E-state index contributed by atoms with van der Waals surface area (Å²) in [6, 6.07) is 6.26. The second-order valence-electron chi connectivity index (χ2n) is 3.59. The Kier molecular flexibility index (Phi) is 4.21. The second kappa shape index (κ2) is 5.20. The third-order valence-corrected chi connectivity index (χ3v) is 2.56. The minimum absolute atomic E-state index is 0.951. The summed E-state index contributed by atoms with van der Waals surface area (Å²) in [4.78, 5) is 0. The van der Waals surface area contributed by atoms with Crippen molar-refractivity contribution in [1.82, 2.24) is 0 Å². The molecule has 0 fully saturated rings. The summed E-state index contributed by atoms with van der Waals surface area (Å²) < 4.78 is 1.11. The van der Waals surface area contributed by atoms with E-state index in [1.165, 1.54) is 16.8 Å². The van der Waals surface area contributed by atoms with E-state index in [9.17, 15) is 0 Å². The van der Waals surface area contributed by atoms with Gasteiger partial charge < -0.3 is 5.32 Å². The largest absolute Gasteiger partial charge is 0.384 e. The second-order valence-corrected chi connectivity index (χ2v) is 4.51. The van der Waals surface area contributed by atoms with Crippen LogP contribution in [0.15, 0.2) is 34.8 Å². The van der Waals surface area contributed by atoms with Crippen molar-refractivity contribution in [2.24, 2.45) is 0 Å². The van der Waals surface area contributed by atoms with E-state index in [1.807, 2.05) is 0 Å². The molecule has 76 valence electrons. The molecule has 1 nitrogen and oxygen atoms in total. The molecule has 0 bridgehead atoms. The zero-order valence-corrected chi connectivity index (χ0v) is 10.3. The maximum atomic E-state index is 3.88. The van der Waals surface area contributed by atoms with Crippen molar-refractivity contribution in [1.29, 1.82) is 0 Å². The molecule has 0 saturated heterocycles. The summed E-state index contributed by atoms with van der Waals surface area (Å²) in [7, 11) is 0. The van der Waals surface area contributed by atoms with E-state index in [2.05, 4.69) is 59.9 Å². The van der Waals surface area contributed by atoms with Crippen LogP contribution >= 0.6 is 15.9 Å². The van der Waals surface area contributed by atoms with Gasteiger partial charge in [0.25, 0.3) is 0 Å². The van der Waals surface area contributed by atoms with E-state index < -0.39 is 0 Å². The number of aryl methyl sites for hydroxylation is 1. The van der Waals surface area contributed by atoms with Crippen LogP contribution in [0.2, 0.25) is 0 Å². The molecule has 0 unspecified atom stereocenters. The van der Waals surface area contributed by atoms with Crippen molar-refractivity contribution < 1.29 is 0 Å². The Balaban J connectivity index is 2.57. The van der Waals surface area contributed by atoms with E-state index >= 15 is 0 Å². The smallest absolute Gasteiger partial charge is 0.0381 e. The molecular weight excluding hydrogens is 238 g/mol. The predicted octanol–water partition coefficient (Wildman–Crippen LogP) is 4.14. The van der Waals surface area contributed by atoms with Crippen LogP contribution < -0.4 is 5.32 Å². The third kappa shape index (κ3) is 3.54. The molecule has 1 aromatic rings. The third-order valence-electron chi connectivity index (χ3n) is 2.07. The molecular formula is C12H16BrN. The van der Waals surface area contributed by atoms with Gasteiger partial charge >= 0.3 is 0 Å². The lowest BCUT2D eigenvalue weighted by atomic mass is 10.2. The van der Waals surface area contributed by atoms with Gasteiger partial charge in [0.1, 0.15) is 0 Å². The summed E-state index contributed by atoms with van der Waals surface area (Å²) in [6.07, 6.45) is 1.02. The molecule has 1 rings (SSSR count). The topological polar surface area (TPSA) is 12.0 Å². The van der Waals surface area contributed by atoms with E-state index in [0.717, 1.165) is 17.4 Å². The Hall–Kier alpha value is -0.760. The molecule has 0 heterocycles. The molecule has 0 aromatic heterocycles. The molecule has 14 heavy (non-hydrogen) atoms. The van der Waals surface area contributed by atoms with Gasteiger partial charge in [-0.25, -0.2) is 0 Å². The summed E-state index contributed by atoms with van der Waals surface area (Å²) in [5, 5.41) is 3.39. The first kappa shape index (κ1) is 11.3. The Morgan fingerprint density at radius 1 is 1.50 bits per heavy atom. The van der Waals surface area contributed by atoms with Crippen LogP contribution in [0.4, 0.5) is 5.69 Å². The van der Waals surface area contributed by atoms with E-state index in [0.29, 0.717) is 0 Å². The van der Waals surface area contributed by atoms with Crippen molar-refractivity contribution in [2.75, 3.05) is 11.9 Å². The van der Waals surface area contributed by atoms with Crippen molar-refractivity contribution >= 4 is 21.6 Å². The van der Waals surface area contributed by atoms with Gasteiger partial charge in [-0.05, 0) is 38.0 Å². The summed E-state index contributed by atoms with van der Waals surface area (Å²) in [6.45, 7) is 8.99. The van der Waals surface area contributed by atoms with Gasteiger partial charge in [0, 0.05) is 16.7 Å². The Bertz CT molecular complexity index is 331. The van der Waals surface area contributed by atoms with E-state index in [-0.39, 0.29) is 0 Å². The molecule has 0 aliphatic rings. The van der Waals surface area contributed by atoms with Crippen LogP contribution in [0.5, 0.6) is 0 Å². The Morgan fingerprint density at radius 3 is 2.86 bits per heavy atom. The Morgan fingerprint density at radius 2 is 2.21 bits per heavy atom. The fourth-order valence-electron chi connectivity index (χ4n) is 1.20. The molecule has 0 radical (unpaired) electrons. The van der Waals surface area contributed by atoms with Crippen LogP contribution in [0.25, 0.3) is 0 Å². The average Bonchev–Trinajstić information content (AvgIpc) is 2.10. The first-order valence-corrected chi connectivity index (χ1v) is 5.53. The lowest BCUT2D eigenvalue weighted by molar-refractivity contribution is 1.000. The van der Waals surface area contributed by atoms with Gasteiger partial charge in [0.05, 0.1) is 0 Å². The van der Waals surface area contributed by atoms with Crippen molar-refractivity contribution in [3.05, 3.63) is 40.4 Å². The lowest BCUT2D eigenvalue weighted by Crippen LogP contribution is -2.02. The van der Waals surface area contributed by atoms with Crippen LogP contribution in [-0.4, -0.2) is 6.54 Å². The highest BCUT2D eigenvalue weighted by Gasteiger charge is 1.97. The minimum Gasteiger partial charge on any atom is -0.384 e. The van der Waals surface area contributed by atoms with Gasteiger partial charge in [0.2, 0.25) is 0 Å². The number of anilines is 1. The molecule has 0 aliphatic carbocycles. The van der Waals surface area contributed by atoms with Crippen molar-refractivity contribution in [2.45, 2.75) is 20.3 Å². The molecule has 0 atom stereocenters. The highest BCUT2D eigenvalue weighted by molar-refractivity contribution is 9.10. The number of rotatable bonds is 4. The minimum atomic E-state index is 0.951. The van der Waals surface area contributed by atoms with Crippen LogP contribution in [0.1, 0.15) is 18.9 Å². The SMILES string of the molecule is C=C(C)CCNc1cc(Br)ccc1C. The van der Waals surface area contributed by atoms with Crippen LogP contribution in [0, 0.1) is 6.92 Å². The zero-order chi connectivity index (χ0) is 10.6. The number of benzene rings is 1. The molecule has 1 N–H and O–H groups in total. The first-order valence-electron chi connectivity index (χ1n) is 4.74. The molecule has 0 aliphatic heterocycles. The normalized spacial score (nSPS) is 9.93. The fraction of sp³-hybridized carbons (Fsp3) is 0.333. The average molecular weight is 254 g/mol. The van der Waals surface area contributed by atoms with Gasteiger partial charge in [-0.1, -0.05) is 27.6 Å². The maximum absolute atomic E-state index is 3.88. The standard InChI is InChI=1S/C12H16BrN/c1-9(2)6-7-14-12-8-11(13)5-4-10(12)3/h4-5,8,14H,1,6-7H2,2-3H3.